The number of hydrogen-bond acceptors (Lipinski definition) is 6. The molecule has 3 unspecified atom stereocenters. The van der Waals surface area contributed by atoms with Gasteiger partial charge in [0.25, 0.3) is 0 Å². The molecule has 1 aromatic rings. The third kappa shape index (κ3) is 7.22. The van der Waals surface area contributed by atoms with Crippen molar-refractivity contribution in [3.8, 4) is 0 Å². The minimum Gasteiger partial charge on any atom is -0.379 e. The fourth-order valence-electron chi connectivity index (χ4n) is 4.17. The number of nitrogens with zero attached hydrogens (tertiary/aromatic N) is 3. The van der Waals surface area contributed by atoms with E-state index in [1.54, 1.807) is 0 Å². The van der Waals surface area contributed by atoms with Crippen molar-refractivity contribution in [3.05, 3.63) is 22.4 Å². The Hall–Kier alpha value is -1.19. The van der Waals surface area contributed by atoms with Crippen LogP contribution in [0.15, 0.2) is 22.5 Å². The molecule has 3 heterocycles. The lowest BCUT2D eigenvalue weighted by Gasteiger charge is -2.35. The maximum atomic E-state index is 5.82. The van der Waals surface area contributed by atoms with Crippen molar-refractivity contribution in [3.63, 3.8) is 0 Å². The summed E-state index contributed by atoms with van der Waals surface area (Å²) in [6.45, 7) is 12.8. The van der Waals surface area contributed by atoms with Crippen molar-refractivity contribution in [2.75, 3.05) is 66.1 Å². The summed E-state index contributed by atoms with van der Waals surface area (Å²) in [4.78, 5) is 10.8. The zero-order valence-electron chi connectivity index (χ0n) is 18.1. The predicted octanol–water partition coefficient (Wildman–Crippen LogP) is 1.79. The third-order valence-corrected chi connectivity index (χ3v) is 6.46. The second-order valence-corrected chi connectivity index (χ2v) is 8.91. The van der Waals surface area contributed by atoms with E-state index < -0.39 is 0 Å². The first-order valence-electron chi connectivity index (χ1n) is 10.8. The van der Waals surface area contributed by atoms with Crippen LogP contribution in [0.5, 0.6) is 0 Å². The molecule has 0 saturated carbocycles. The fraction of sp³-hybridized carbons (Fsp3) is 0.762. The summed E-state index contributed by atoms with van der Waals surface area (Å²) in [5.41, 5.74) is 0. The number of hydrogen-bond donors (Lipinski definition) is 2. The highest BCUT2D eigenvalue weighted by molar-refractivity contribution is 7.10. The summed E-state index contributed by atoms with van der Waals surface area (Å²) in [5, 5.41) is 9.17. The molecule has 0 aliphatic carbocycles. The van der Waals surface area contributed by atoms with Gasteiger partial charge in [0.2, 0.25) is 0 Å². The molecule has 2 N–H and O–H groups in total. The molecule has 0 aromatic carbocycles. The largest absolute Gasteiger partial charge is 0.379 e. The monoisotopic (exact) mass is 423 g/mol. The molecule has 8 heteroatoms. The number of rotatable bonds is 8. The van der Waals surface area contributed by atoms with Crippen LogP contribution in [0.1, 0.15) is 31.2 Å². The minimum absolute atomic E-state index is 0.329. The molecule has 164 valence electrons. The van der Waals surface area contributed by atoms with Gasteiger partial charge in [0.05, 0.1) is 31.5 Å². The smallest absolute Gasteiger partial charge is 0.191 e. The summed E-state index contributed by atoms with van der Waals surface area (Å²) in [7, 11) is 1.84. The highest BCUT2D eigenvalue weighted by Gasteiger charge is 2.24. The molecule has 2 saturated heterocycles. The van der Waals surface area contributed by atoms with E-state index in [-0.39, 0.29) is 0 Å². The Morgan fingerprint density at radius 3 is 2.66 bits per heavy atom. The number of nitrogens with one attached hydrogen (secondary N) is 2. The first kappa shape index (κ1) is 22.5. The zero-order chi connectivity index (χ0) is 20.5. The van der Waals surface area contributed by atoms with Crippen LogP contribution in [0.3, 0.4) is 0 Å². The molecule has 0 amide bonds. The Labute approximate surface area is 179 Å². The minimum atomic E-state index is 0.329. The van der Waals surface area contributed by atoms with Gasteiger partial charge in [0.15, 0.2) is 5.96 Å². The van der Waals surface area contributed by atoms with Gasteiger partial charge in [-0.05, 0) is 31.7 Å². The van der Waals surface area contributed by atoms with Crippen molar-refractivity contribution in [1.29, 1.82) is 0 Å². The van der Waals surface area contributed by atoms with Crippen LogP contribution in [0.25, 0.3) is 0 Å². The molecule has 2 aliphatic heterocycles. The first-order chi connectivity index (χ1) is 14.2. The number of thiophene rings is 1. The van der Waals surface area contributed by atoms with Crippen LogP contribution in [0.2, 0.25) is 0 Å². The van der Waals surface area contributed by atoms with E-state index in [4.69, 9.17) is 9.47 Å². The Kier molecular flexibility index (Phi) is 9.20. The standard InChI is InChI=1S/C21H37N5O2S/c1-17-15-25(16-18(2)28-17)8-5-7-23-21(22-3)24-14-19(20-6-4-13-29-20)26-9-11-27-12-10-26/h4,6,13,17-19H,5,7-12,14-16H2,1-3H3,(H2,22,23,24). The topological polar surface area (TPSA) is 61.4 Å². The zero-order valence-corrected chi connectivity index (χ0v) is 18.9. The van der Waals surface area contributed by atoms with Crippen LogP contribution in [0.4, 0.5) is 0 Å². The molecule has 3 rings (SSSR count). The Balaban J connectivity index is 1.41. The van der Waals surface area contributed by atoms with E-state index in [1.807, 2.05) is 18.4 Å². The number of aliphatic imine (C=N–C) groups is 1. The molecule has 0 spiro atoms. The van der Waals surface area contributed by atoms with E-state index in [9.17, 15) is 0 Å². The first-order valence-corrected chi connectivity index (χ1v) is 11.7. The number of morpholine rings is 2. The maximum absolute atomic E-state index is 5.82. The van der Waals surface area contributed by atoms with Crippen molar-refractivity contribution < 1.29 is 9.47 Å². The van der Waals surface area contributed by atoms with Gasteiger partial charge in [-0.15, -0.1) is 11.3 Å². The summed E-state index contributed by atoms with van der Waals surface area (Å²) in [6, 6.07) is 4.72. The maximum Gasteiger partial charge on any atom is 0.191 e. The molecule has 1 aromatic heterocycles. The van der Waals surface area contributed by atoms with Crippen LogP contribution in [0, 0.1) is 0 Å². The Morgan fingerprint density at radius 1 is 1.24 bits per heavy atom. The van der Waals surface area contributed by atoms with Gasteiger partial charge in [0.1, 0.15) is 0 Å². The van der Waals surface area contributed by atoms with E-state index >= 15 is 0 Å². The quantitative estimate of drug-likeness (QED) is 0.378. The van der Waals surface area contributed by atoms with Crippen molar-refractivity contribution >= 4 is 17.3 Å². The summed E-state index contributed by atoms with van der Waals surface area (Å²) in [5.74, 6) is 0.878. The van der Waals surface area contributed by atoms with Gasteiger partial charge in [-0.1, -0.05) is 6.07 Å². The summed E-state index contributed by atoms with van der Waals surface area (Å²) >= 11 is 1.82. The van der Waals surface area contributed by atoms with E-state index in [2.05, 4.69) is 56.8 Å². The average Bonchev–Trinajstić information content (AvgIpc) is 3.24. The van der Waals surface area contributed by atoms with Gasteiger partial charge in [0, 0.05) is 57.7 Å². The van der Waals surface area contributed by atoms with Crippen molar-refractivity contribution in [2.24, 2.45) is 4.99 Å². The molecule has 3 atom stereocenters. The van der Waals surface area contributed by atoms with Gasteiger partial charge in [-0.2, -0.15) is 0 Å². The van der Waals surface area contributed by atoms with Crippen LogP contribution in [-0.2, 0) is 9.47 Å². The van der Waals surface area contributed by atoms with E-state index in [0.29, 0.717) is 18.2 Å². The highest BCUT2D eigenvalue weighted by Crippen LogP contribution is 2.25. The van der Waals surface area contributed by atoms with Gasteiger partial charge < -0.3 is 20.1 Å². The molecular weight excluding hydrogens is 386 g/mol. The van der Waals surface area contributed by atoms with Crippen LogP contribution in [-0.4, -0.2) is 94.0 Å². The summed E-state index contributed by atoms with van der Waals surface area (Å²) < 4.78 is 11.4. The molecule has 2 fully saturated rings. The second-order valence-electron chi connectivity index (χ2n) is 7.93. The lowest BCUT2D eigenvalue weighted by molar-refractivity contribution is -0.0679. The molecule has 7 nitrogen and oxygen atoms in total. The molecule has 2 aliphatic rings. The second kappa shape index (κ2) is 11.9. The Bertz CT molecular complexity index is 596. The molecule has 0 bridgehead atoms. The van der Waals surface area contributed by atoms with Crippen LogP contribution < -0.4 is 10.6 Å². The predicted molar refractivity (Wildman–Crippen MR) is 120 cm³/mol. The van der Waals surface area contributed by atoms with Gasteiger partial charge >= 0.3 is 0 Å². The average molecular weight is 424 g/mol. The number of guanidine groups is 1. The van der Waals surface area contributed by atoms with Gasteiger partial charge in [-0.25, -0.2) is 0 Å². The van der Waals surface area contributed by atoms with Crippen LogP contribution >= 0.6 is 11.3 Å². The van der Waals surface area contributed by atoms with E-state index in [1.165, 1.54) is 4.88 Å². The normalized spacial score (nSPS) is 25.7. The van der Waals surface area contributed by atoms with Crippen molar-refractivity contribution in [1.82, 2.24) is 20.4 Å². The molecular formula is C21H37N5O2S. The Morgan fingerprint density at radius 2 is 2.00 bits per heavy atom. The molecule has 29 heavy (non-hydrogen) atoms. The van der Waals surface area contributed by atoms with Crippen molar-refractivity contribution in [2.45, 2.75) is 38.5 Å². The molecule has 0 radical (unpaired) electrons. The lowest BCUT2D eigenvalue weighted by atomic mass is 10.2. The van der Waals surface area contributed by atoms with E-state index in [0.717, 1.165) is 71.4 Å². The summed E-state index contributed by atoms with van der Waals surface area (Å²) in [6.07, 6.45) is 1.75. The SMILES string of the molecule is CN=C(NCCCN1CC(C)OC(C)C1)NCC(c1cccs1)N1CCOCC1. The third-order valence-electron chi connectivity index (χ3n) is 5.48. The lowest BCUT2D eigenvalue weighted by Crippen LogP contribution is -2.47. The fourth-order valence-corrected chi connectivity index (χ4v) is 5.03. The highest BCUT2D eigenvalue weighted by atomic mass is 32.1. The number of ether oxygens (including phenoxy) is 2. The van der Waals surface area contributed by atoms with Gasteiger partial charge in [-0.3, -0.25) is 14.8 Å².